The highest BCUT2D eigenvalue weighted by Gasteiger charge is 2.05. The molecule has 2 aromatic heterocycles. The second-order valence-electron chi connectivity index (χ2n) is 5.02. The fraction of sp³-hybridized carbons (Fsp3) is 0.438. The second kappa shape index (κ2) is 13.1. The highest BCUT2D eigenvalue weighted by Crippen LogP contribution is 2.21. The van der Waals surface area contributed by atoms with Crippen LogP contribution in [0.5, 0.6) is 0 Å². The average Bonchev–Trinajstić information content (AvgIpc) is 3.02. The van der Waals surface area contributed by atoms with E-state index >= 15 is 0 Å². The molecule has 134 valence electrons. The quantitative estimate of drug-likeness (QED) is 0.645. The van der Waals surface area contributed by atoms with Gasteiger partial charge in [0.25, 0.3) is 0 Å². The van der Waals surface area contributed by atoms with Crippen molar-refractivity contribution in [3.05, 3.63) is 34.9 Å². The molecule has 24 heavy (non-hydrogen) atoms. The Morgan fingerprint density at radius 2 is 1.92 bits per heavy atom. The van der Waals surface area contributed by atoms with Gasteiger partial charge in [0.1, 0.15) is 0 Å². The SMILES string of the molecule is CNCCCC(=O)NCCCc1nc(-c2ccncc2)cs1.Cl.Cl. The van der Waals surface area contributed by atoms with Crippen LogP contribution >= 0.6 is 36.2 Å². The molecule has 1 amide bonds. The summed E-state index contributed by atoms with van der Waals surface area (Å²) < 4.78 is 0. The zero-order valence-corrected chi connectivity index (χ0v) is 16.1. The van der Waals surface area contributed by atoms with E-state index in [-0.39, 0.29) is 30.7 Å². The van der Waals surface area contributed by atoms with Gasteiger partial charge in [-0.1, -0.05) is 0 Å². The summed E-state index contributed by atoms with van der Waals surface area (Å²) in [6.45, 7) is 1.59. The number of hydrogen-bond donors (Lipinski definition) is 2. The third-order valence-corrected chi connectivity index (χ3v) is 4.16. The largest absolute Gasteiger partial charge is 0.356 e. The Morgan fingerprint density at radius 1 is 1.17 bits per heavy atom. The molecule has 2 heterocycles. The van der Waals surface area contributed by atoms with Gasteiger partial charge in [-0.15, -0.1) is 36.2 Å². The van der Waals surface area contributed by atoms with Crippen molar-refractivity contribution in [2.24, 2.45) is 0 Å². The normalized spacial score (nSPS) is 9.71. The molecule has 0 atom stereocenters. The van der Waals surface area contributed by atoms with Gasteiger partial charge in [-0.25, -0.2) is 4.98 Å². The third kappa shape index (κ3) is 8.06. The van der Waals surface area contributed by atoms with E-state index in [1.807, 2.05) is 19.2 Å². The third-order valence-electron chi connectivity index (χ3n) is 3.25. The molecular weight excluding hydrogens is 367 g/mol. The average molecular weight is 391 g/mol. The van der Waals surface area contributed by atoms with Crippen molar-refractivity contribution in [3.63, 3.8) is 0 Å². The van der Waals surface area contributed by atoms with Gasteiger partial charge in [0.05, 0.1) is 10.7 Å². The molecule has 0 radical (unpaired) electrons. The number of amides is 1. The molecule has 0 saturated heterocycles. The van der Waals surface area contributed by atoms with Crippen LogP contribution in [0.4, 0.5) is 0 Å². The first kappa shape index (κ1) is 22.8. The van der Waals surface area contributed by atoms with Gasteiger partial charge in [-0.3, -0.25) is 9.78 Å². The first-order valence-electron chi connectivity index (χ1n) is 7.55. The van der Waals surface area contributed by atoms with Gasteiger partial charge in [0, 0.05) is 42.7 Å². The number of halogens is 2. The van der Waals surface area contributed by atoms with E-state index < -0.39 is 0 Å². The molecule has 0 aliphatic rings. The molecule has 0 aliphatic carbocycles. The number of aryl methyl sites for hydroxylation is 1. The lowest BCUT2D eigenvalue weighted by Gasteiger charge is -2.04. The lowest BCUT2D eigenvalue weighted by molar-refractivity contribution is -0.121. The lowest BCUT2D eigenvalue weighted by atomic mass is 10.2. The first-order valence-corrected chi connectivity index (χ1v) is 8.43. The minimum absolute atomic E-state index is 0. The van der Waals surface area contributed by atoms with E-state index in [4.69, 9.17) is 0 Å². The first-order chi connectivity index (χ1) is 10.8. The van der Waals surface area contributed by atoms with Crippen LogP contribution in [0.15, 0.2) is 29.9 Å². The van der Waals surface area contributed by atoms with Crippen molar-refractivity contribution >= 4 is 42.1 Å². The summed E-state index contributed by atoms with van der Waals surface area (Å²) in [6, 6.07) is 3.93. The zero-order chi connectivity index (χ0) is 15.6. The number of rotatable bonds is 9. The molecule has 0 fully saturated rings. The Labute approximate surface area is 159 Å². The fourth-order valence-electron chi connectivity index (χ4n) is 2.06. The second-order valence-corrected chi connectivity index (χ2v) is 5.97. The molecule has 0 aliphatic heterocycles. The van der Waals surface area contributed by atoms with E-state index in [1.165, 1.54) is 0 Å². The Morgan fingerprint density at radius 3 is 2.62 bits per heavy atom. The molecule has 8 heteroatoms. The molecule has 0 unspecified atom stereocenters. The Balaban J connectivity index is 0.00000264. The van der Waals surface area contributed by atoms with Gasteiger partial charge < -0.3 is 10.6 Å². The van der Waals surface area contributed by atoms with Gasteiger partial charge in [0.2, 0.25) is 5.91 Å². The number of hydrogen-bond acceptors (Lipinski definition) is 5. The number of carbonyl (C=O) groups excluding carboxylic acids is 1. The van der Waals surface area contributed by atoms with Crippen LogP contribution in [0.1, 0.15) is 24.3 Å². The number of pyridine rings is 1. The van der Waals surface area contributed by atoms with E-state index in [0.29, 0.717) is 13.0 Å². The lowest BCUT2D eigenvalue weighted by Crippen LogP contribution is -2.25. The molecule has 0 aromatic carbocycles. The summed E-state index contributed by atoms with van der Waals surface area (Å²) >= 11 is 1.67. The van der Waals surface area contributed by atoms with Crippen LogP contribution in [0.3, 0.4) is 0 Å². The predicted molar refractivity (Wildman–Crippen MR) is 104 cm³/mol. The molecule has 2 N–H and O–H groups in total. The minimum atomic E-state index is 0. The zero-order valence-electron chi connectivity index (χ0n) is 13.7. The van der Waals surface area contributed by atoms with Gasteiger partial charge in [-0.2, -0.15) is 0 Å². The Hall–Kier alpha value is -1.21. The van der Waals surface area contributed by atoms with Crippen LogP contribution in [-0.2, 0) is 11.2 Å². The molecular formula is C16H24Cl2N4OS. The summed E-state index contributed by atoms with van der Waals surface area (Å²) in [7, 11) is 1.89. The van der Waals surface area contributed by atoms with E-state index in [2.05, 4.69) is 26.0 Å². The molecule has 0 saturated carbocycles. The van der Waals surface area contributed by atoms with Crippen LogP contribution < -0.4 is 10.6 Å². The maximum Gasteiger partial charge on any atom is 0.220 e. The summed E-state index contributed by atoms with van der Waals surface area (Å²) in [4.78, 5) is 20.2. The molecule has 2 aromatic rings. The number of thiazole rings is 1. The monoisotopic (exact) mass is 390 g/mol. The predicted octanol–water partition coefficient (Wildman–Crippen LogP) is 3.10. The topological polar surface area (TPSA) is 66.9 Å². The van der Waals surface area contributed by atoms with Crippen LogP contribution in [0.25, 0.3) is 11.3 Å². The number of nitrogens with one attached hydrogen (secondary N) is 2. The van der Waals surface area contributed by atoms with Crippen molar-refractivity contribution < 1.29 is 4.79 Å². The van der Waals surface area contributed by atoms with Crippen molar-refractivity contribution in [3.8, 4) is 11.3 Å². The highest BCUT2D eigenvalue weighted by atomic mass is 35.5. The maximum atomic E-state index is 11.6. The van der Waals surface area contributed by atoms with Gasteiger partial charge >= 0.3 is 0 Å². The smallest absolute Gasteiger partial charge is 0.220 e. The summed E-state index contributed by atoms with van der Waals surface area (Å²) in [5.41, 5.74) is 2.09. The number of carbonyl (C=O) groups is 1. The van der Waals surface area contributed by atoms with Gasteiger partial charge in [-0.05, 0) is 38.6 Å². The van der Waals surface area contributed by atoms with E-state index in [9.17, 15) is 4.79 Å². The Bertz CT molecular complexity index is 580. The van der Waals surface area contributed by atoms with Crippen molar-refractivity contribution in [2.45, 2.75) is 25.7 Å². The number of nitrogens with zero attached hydrogens (tertiary/aromatic N) is 2. The van der Waals surface area contributed by atoms with Crippen molar-refractivity contribution in [1.29, 1.82) is 0 Å². The maximum absolute atomic E-state index is 11.6. The van der Waals surface area contributed by atoms with Crippen molar-refractivity contribution in [1.82, 2.24) is 20.6 Å². The van der Waals surface area contributed by atoms with E-state index in [0.717, 1.165) is 42.1 Å². The summed E-state index contributed by atoms with van der Waals surface area (Å²) in [5.74, 6) is 0.131. The van der Waals surface area contributed by atoms with Crippen LogP contribution in [0.2, 0.25) is 0 Å². The highest BCUT2D eigenvalue weighted by molar-refractivity contribution is 7.09. The molecule has 0 spiro atoms. The number of aromatic nitrogens is 2. The molecule has 2 rings (SSSR count). The minimum Gasteiger partial charge on any atom is -0.356 e. The summed E-state index contributed by atoms with van der Waals surface area (Å²) in [6.07, 6.45) is 6.83. The van der Waals surface area contributed by atoms with Crippen molar-refractivity contribution in [2.75, 3.05) is 20.1 Å². The van der Waals surface area contributed by atoms with Gasteiger partial charge in [0.15, 0.2) is 0 Å². The molecule has 0 bridgehead atoms. The fourth-order valence-corrected chi connectivity index (χ4v) is 2.91. The van der Waals surface area contributed by atoms with E-state index in [1.54, 1.807) is 23.7 Å². The Kier molecular flexibility index (Phi) is 12.5. The van der Waals surface area contributed by atoms with Crippen LogP contribution in [-0.4, -0.2) is 36.0 Å². The standard InChI is InChI=1S/C16H22N4OS.2ClH/c1-17-8-2-4-15(21)19-9-3-5-16-20-14(12-22-16)13-6-10-18-11-7-13;;/h6-7,10-12,17H,2-5,8-9H2,1H3,(H,19,21);2*1H. The van der Waals surface area contributed by atoms with Crippen LogP contribution in [0, 0.1) is 0 Å². The molecule has 5 nitrogen and oxygen atoms in total. The summed E-state index contributed by atoms with van der Waals surface area (Å²) in [5, 5.41) is 9.17.